The zero-order valence-corrected chi connectivity index (χ0v) is 8.06. The molecule has 0 N–H and O–H groups in total. The third-order valence-electron chi connectivity index (χ3n) is 1.86. The Morgan fingerprint density at radius 2 is 2.33 bits per heavy atom. The fourth-order valence-corrected chi connectivity index (χ4v) is 2.11. The van der Waals surface area contributed by atoms with E-state index in [4.69, 9.17) is 0 Å². The van der Waals surface area contributed by atoms with Crippen LogP contribution in [-0.4, -0.2) is 6.21 Å². The lowest BCUT2D eigenvalue weighted by atomic mass is 10.2. The van der Waals surface area contributed by atoms with E-state index >= 15 is 0 Å². The molecule has 2 rings (SSSR count). The van der Waals surface area contributed by atoms with E-state index in [0.717, 1.165) is 5.69 Å². The Morgan fingerprint density at radius 3 is 3.17 bits per heavy atom. The van der Waals surface area contributed by atoms with Crippen LogP contribution in [0.4, 0.5) is 5.69 Å². The molecule has 2 heterocycles. The van der Waals surface area contributed by atoms with Crippen molar-refractivity contribution < 1.29 is 0 Å². The first-order valence-electron chi connectivity index (χ1n) is 4.08. The quantitative estimate of drug-likeness (QED) is 0.575. The van der Waals surface area contributed by atoms with Crippen molar-refractivity contribution in [1.29, 1.82) is 0 Å². The van der Waals surface area contributed by atoms with Gasteiger partial charge in [-0.3, -0.25) is 4.99 Å². The van der Waals surface area contributed by atoms with Gasteiger partial charge in [0.2, 0.25) is 0 Å². The summed E-state index contributed by atoms with van der Waals surface area (Å²) in [6, 6.07) is 2.14. The highest BCUT2D eigenvalue weighted by Gasteiger charge is 2.05. The van der Waals surface area contributed by atoms with Crippen molar-refractivity contribution in [1.82, 2.24) is 0 Å². The predicted octanol–water partition coefficient (Wildman–Crippen LogP) is 3.42. The maximum absolute atomic E-state index is 4.41. The van der Waals surface area contributed by atoms with Crippen LogP contribution in [-0.2, 0) is 0 Å². The van der Waals surface area contributed by atoms with E-state index in [9.17, 15) is 0 Å². The van der Waals surface area contributed by atoms with Gasteiger partial charge >= 0.3 is 0 Å². The van der Waals surface area contributed by atoms with Gasteiger partial charge in [-0.05, 0) is 19.1 Å². The van der Waals surface area contributed by atoms with Gasteiger partial charge in [0, 0.05) is 17.0 Å². The van der Waals surface area contributed by atoms with Crippen molar-refractivity contribution in [3.8, 4) is 0 Å². The fourth-order valence-electron chi connectivity index (χ4n) is 1.23. The van der Waals surface area contributed by atoms with Crippen LogP contribution in [0, 0.1) is 12.8 Å². The average Bonchev–Trinajstić information content (AvgIpc) is 2.31. The third kappa shape index (κ3) is 1.34. The van der Waals surface area contributed by atoms with Gasteiger partial charge in [0.25, 0.3) is 0 Å². The number of allylic oxidation sites excluding steroid dienone is 1. The van der Waals surface area contributed by atoms with Crippen molar-refractivity contribution in [2.75, 3.05) is 0 Å². The van der Waals surface area contributed by atoms with Crippen LogP contribution in [0.2, 0.25) is 0 Å². The van der Waals surface area contributed by atoms with Gasteiger partial charge in [0.05, 0.1) is 10.6 Å². The van der Waals surface area contributed by atoms with E-state index < -0.39 is 0 Å². The van der Waals surface area contributed by atoms with E-state index in [1.807, 2.05) is 6.21 Å². The summed E-state index contributed by atoms with van der Waals surface area (Å²) in [6.45, 7) is 4.26. The maximum atomic E-state index is 4.41. The van der Waals surface area contributed by atoms with Gasteiger partial charge in [-0.15, -0.1) is 11.3 Å². The fraction of sp³-hybridized carbons (Fsp3) is 0.300. The Bertz CT molecular complexity index is 315. The topological polar surface area (TPSA) is 12.4 Å². The molecule has 62 valence electrons. The van der Waals surface area contributed by atoms with E-state index in [2.05, 4.69) is 37.1 Å². The lowest BCUT2D eigenvalue weighted by Crippen LogP contribution is -1.86. The third-order valence-corrected chi connectivity index (χ3v) is 2.87. The molecule has 0 aliphatic carbocycles. The first-order valence-corrected chi connectivity index (χ1v) is 4.90. The summed E-state index contributed by atoms with van der Waals surface area (Å²) in [6.07, 6.45) is 6.35. The zero-order valence-electron chi connectivity index (χ0n) is 7.24. The molecule has 1 aliphatic heterocycles. The van der Waals surface area contributed by atoms with E-state index in [1.54, 1.807) is 11.3 Å². The number of thiophene rings is 1. The van der Waals surface area contributed by atoms with Gasteiger partial charge in [-0.1, -0.05) is 13.0 Å². The van der Waals surface area contributed by atoms with Gasteiger partial charge < -0.3 is 0 Å². The van der Waals surface area contributed by atoms with Gasteiger partial charge in [-0.25, -0.2) is 0 Å². The highest BCUT2D eigenvalue weighted by atomic mass is 32.1. The number of fused-ring (bicyclic) bond motifs is 1. The second-order valence-electron chi connectivity index (χ2n) is 3.10. The van der Waals surface area contributed by atoms with Crippen LogP contribution >= 0.6 is 11.3 Å². The van der Waals surface area contributed by atoms with Gasteiger partial charge in [0.1, 0.15) is 0 Å². The molecule has 12 heavy (non-hydrogen) atoms. The summed E-state index contributed by atoms with van der Waals surface area (Å²) in [4.78, 5) is 7.03. The molecule has 1 aromatic rings. The Balaban J connectivity index is 2.49. The minimum absolute atomic E-state index is 0.463. The Kier molecular flexibility index (Phi) is 1.85. The normalized spacial score (nSPS) is 20.7. The zero-order chi connectivity index (χ0) is 8.55. The van der Waals surface area contributed by atoms with E-state index in [0.29, 0.717) is 5.92 Å². The smallest absolute Gasteiger partial charge is 0.0808 e. The number of aliphatic imine (C=N–C) groups is 1. The summed E-state index contributed by atoms with van der Waals surface area (Å²) >= 11 is 1.80. The van der Waals surface area contributed by atoms with Crippen molar-refractivity contribution in [2.45, 2.75) is 13.8 Å². The Labute approximate surface area is 76.5 Å². The molecule has 0 saturated heterocycles. The van der Waals surface area contributed by atoms with E-state index in [1.165, 1.54) is 9.75 Å². The standard InChI is InChI=1S/C10H11NS/c1-7-3-4-10-9(11-6-7)5-8(2)12-10/h3-7H,1-2H3. The molecule has 0 radical (unpaired) electrons. The first kappa shape index (κ1) is 7.74. The molecule has 0 spiro atoms. The second kappa shape index (κ2) is 2.87. The molecule has 1 atom stereocenters. The maximum Gasteiger partial charge on any atom is 0.0808 e. The molecule has 2 heteroatoms. The molecular formula is C10H11NS. The van der Waals surface area contributed by atoms with Crippen LogP contribution in [0.3, 0.4) is 0 Å². The molecule has 1 aromatic heterocycles. The Hall–Kier alpha value is -0.890. The number of hydrogen-bond donors (Lipinski definition) is 0. The molecule has 1 nitrogen and oxygen atoms in total. The molecule has 0 fully saturated rings. The monoisotopic (exact) mass is 177 g/mol. The SMILES string of the molecule is Cc1cc2c(s1)C=CC(C)C=N2. The molecule has 0 saturated carbocycles. The van der Waals surface area contributed by atoms with Crippen LogP contribution in [0.5, 0.6) is 0 Å². The van der Waals surface area contributed by atoms with Crippen molar-refractivity contribution in [2.24, 2.45) is 10.9 Å². The van der Waals surface area contributed by atoms with Crippen LogP contribution < -0.4 is 0 Å². The molecule has 0 aromatic carbocycles. The van der Waals surface area contributed by atoms with Gasteiger partial charge in [0.15, 0.2) is 0 Å². The molecule has 0 amide bonds. The lowest BCUT2D eigenvalue weighted by Gasteiger charge is -1.90. The first-order chi connectivity index (χ1) is 5.75. The van der Waals surface area contributed by atoms with Crippen LogP contribution in [0.15, 0.2) is 17.1 Å². The summed E-state index contributed by atoms with van der Waals surface area (Å²) in [5, 5.41) is 0. The molecule has 1 unspecified atom stereocenters. The number of rotatable bonds is 0. The lowest BCUT2D eigenvalue weighted by molar-refractivity contribution is 1.04. The average molecular weight is 177 g/mol. The molecular weight excluding hydrogens is 166 g/mol. The molecule has 1 aliphatic rings. The summed E-state index contributed by atoms with van der Waals surface area (Å²) in [7, 11) is 0. The molecule has 0 bridgehead atoms. The minimum Gasteiger partial charge on any atom is -0.259 e. The van der Waals surface area contributed by atoms with Crippen LogP contribution in [0.25, 0.3) is 6.08 Å². The Morgan fingerprint density at radius 1 is 1.50 bits per heavy atom. The summed E-state index contributed by atoms with van der Waals surface area (Å²) < 4.78 is 0. The number of aryl methyl sites for hydroxylation is 1. The number of nitrogens with zero attached hydrogens (tertiary/aromatic N) is 1. The van der Waals surface area contributed by atoms with E-state index in [-0.39, 0.29) is 0 Å². The largest absolute Gasteiger partial charge is 0.259 e. The summed E-state index contributed by atoms with van der Waals surface area (Å²) in [5.74, 6) is 0.463. The predicted molar refractivity (Wildman–Crippen MR) is 55.4 cm³/mol. The summed E-state index contributed by atoms with van der Waals surface area (Å²) in [5.41, 5.74) is 1.12. The van der Waals surface area contributed by atoms with Crippen LogP contribution in [0.1, 0.15) is 16.7 Å². The minimum atomic E-state index is 0.463. The highest BCUT2D eigenvalue weighted by Crippen LogP contribution is 2.31. The van der Waals surface area contributed by atoms with Crippen molar-refractivity contribution in [3.05, 3.63) is 21.9 Å². The van der Waals surface area contributed by atoms with Gasteiger partial charge in [-0.2, -0.15) is 0 Å². The highest BCUT2D eigenvalue weighted by molar-refractivity contribution is 7.13. The second-order valence-corrected chi connectivity index (χ2v) is 4.39. The van der Waals surface area contributed by atoms with Crippen molar-refractivity contribution >= 4 is 29.3 Å². The number of hydrogen-bond acceptors (Lipinski definition) is 2. The van der Waals surface area contributed by atoms with Crippen molar-refractivity contribution in [3.63, 3.8) is 0 Å².